The van der Waals surface area contributed by atoms with Crippen molar-refractivity contribution in [2.24, 2.45) is 0 Å². The van der Waals surface area contributed by atoms with E-state index in [9.17, 15) is 0 Å². The summed E-state index contributed by atoms with van der Waals surface area (Å²) in [5.74, 6) is 0. The average Bonchev–Trinajstić information content (AvgIpc) is 2.84. The van der Waals surface area contributed by atoms with Gasteiger partial charge in [-0.05, 0) is 66.0 Å². The normalized spacial score (nSPS) is 17.1. The zero-order chi connectivity index (χ0) is 12.3. The molecule has 0 aromatic rings. The molecule has 1 fully saturated rings. The third kappa shape index (κ3) is 7.74. The minimum absolute atomic E-state index is 1.17. The van der Waals surface area contributed by atoms with Crippen LogP contribution in [-0.2, 0) is 0 Å². The van der Waals surface area contributed by atoms with E-state index in [0.29, 0.717) is 0 Å². The summed E-state index contributed by atoms with van der Waals surface area (Å²) in [4.78, 5) is 5.10. The van der Waals surface area contributed by atoms with Crippen molar-refractivity contribution in [3.63, 3.8) is 0 Å². The van der Waals surface area contributed by atoms with E-state index < -0.39 is 0 Å². The van der Waals surface area contributed by atoms with Crippen LogP contribution in [-0.4, -0.2) is 63.2 Å². The van der Waals surface area contributed by atoms with Crippen molar-refractivity contribution in [3.8, 4) is 0 Å². The maximum absolute atomic E-state index is 3.20. The lowest BCUT2D eigenvalue weighted by Gasteiger charge is -2.21. The van der Waals surface area contributed by atoms with Gasteiger partial charge in [0.25, 0.3) is 0 Å². The van der Waals surface area contributed by atoms with Gasteiger partial charge in [-0.2, -0.15) is 0 Å². The first kappa shape index (κ1) is 14.9. The van der Waals surface area contributed by atoms with Gasteiger partial charge in [-0.3, -0.25) is 0 Å². The first-order chi connectivity index (χ1) is 8.33. The van der Waals surface area contributed by atoms with E-state index in [2.05, 4.69) is 22.2 Å². The Balaban J connectivity index is 1.85. The Morgan fingerprint density at radius 2 is 1.71 bits per heavy atom. The number of hydrogen-bond acceptors (Lipinski definition) is 3. The van der Waals surface area contributed by atoms with Gasteiger partial charge in [-0.1, -0.05) is 12.8 Å². The predicted molar refractivity (Wildman–Crippen MR) is 75.6 cm³/mol. The topological polar surface area (TPSA) is 18.5 Å². The number of rotatable bonds is 10. The number of nitrogens with one attached hydrogen (secondary N) is 1. The summed E-state index contributed by atoms with van der Waals surface area (Å²) in [5.41, 5.74) is 0. The summed E-state index contributed by atoms with van der Waals surface area (Å²) in [5, 5.41) is 3.20. The van der Waals surface area contributed by atoms with E-state index in [4.69, 9.17) is 0 Å². The minimum atomic E-state index is 1.17. The van der Waals surface area contributed by atoms with Crippen LogP contribution in [0.15, 0.2) is 0 Å². The van der Waals surface area contributed by atoms with Gasteiger partial charge >= 0.3 is 0 Å². The molecule has 0 atom stereocenters. The van der Waals surface area contributed by atoms with Crippen LogP contribution in [0.5, 0.6) is 0 Å². The minimum Gasteiger partial charge on any atom is -0.320 e. The molecule has 0 saturated carbocycles. The Morgan fingerprint density at radius 1 is 1.00 bits per heavy atom. The predicted octanol–water partition coefficient (Wildman–Crippen LogP) is 1.79. The molecule has 1 aliphatic heterocycles. The van der Waals surface area contributed by atoms with Crippen molar-refractivity contribution < 1.29 is 0 Å². The van der Waals surface area contributed by atoms with Crippen LogP contribution in [0, 0.1) is 0 Å². The molecule has 1 rings (SSSR count). The maximum atomic E-state index is 3.20. The summed E-state index contributed by atoms with van der Waals surface area (Å²) in [6.07, 6.45) is 8.27. The molecule has 0 spiro atoms. The first-order valence-corrected chi connectivity index (χ1v) is 7.38. The highest BCUT2D eigenvalue weighted by Gasteiger charge is 2.11. The maximum Gasteiger partial charge on any atom is 0.0109 e. The lowest BCUT2D eigenvalue weighted by molar-refractivity contribution is 0.253. The molecule has 102 valence electrons. The van der Waals surface area contributed by atoms with Crippen molar-refractivity contribution in [2.45, 2.75) is 38.5 Å². The monoisotopic (exact) mass is 241 g/mol. The third-order valence-electron chi connectivity index (χ3n) is 3.71. The van der Waals surface area contributed by atoms with Crippen LogP contribution < -0.4 is 5.32 Å². The molecule has 3 nitrogen and oxygen atoms in total. The lowest BCUT2D eigenvalue weighted by atomic mass is 10.2. The van der Waals surface area contributed by atoms with Gasteiger partial charge in [0.15, 0.2) is 0 Å². The van der Waals surface area contributed by atoms with Crippen LogP contribution >= 0.6 is 0 Å². The summed E-state index contributed by atoms with van der Waals surface area (Å²) in [6, 6.07) is 0. The van der Waals surface area contributed by atoms with Crippen LogP contribution in [0.3, 0.4) is 0 Å². The van der Waals surface area contributed by atoms with Crippen LogP contribution in [0.25, 0.3) is 0 Å². The second kappa shape index (κ2) is 9.86. The lowest BCUT2D eigenvalue weighted by Crippen LogP contribution is -2.31. The second-order valence-corrected chi connectivity index (χ2v) is 5.37. The summed E-state index contributed by atoms with van der Waals surface area (Å²) < 4.78 is 0. The standard InChI is InChI=1S/C14H31N3/c1-15-9-5-3-4-6-10-16(2)13-14-17-11-7-8-12-17/h15H,3-14H2,1-2H3. The van der Waals surface area contributed by atoms with E-state index in [-0.39, 0.29) is 0 Å². The SMILES string of the molecule is CNCCCCCCN(C)CCN1CCCC1. The zero-order valence-corrected chi connectivity index (χ0v) is 11.9. The fraction of sp³-hybridized carbons (Fsp3) is 1.00. The Hall–Kier alpha value is -0.120. The van der Waals surface area contributed by atoms with Crippen LogP contribution in [0.1, 0.15) is 38.5 Å². The van der Waals surface area contributed by atoms with E-state index in [1.54, 1.807) is 0 Å². The van der Waals surface area contributed by atoms with Gasteiger partial charge in [0.2, 0.25) is 0 Å². The Bertz CT molecular complexity index is 167. The number of likely N-dealkylation sites (tertiary alicyclic amines) is 1. The van der Waals surface area contributed by atoms with Gasteiger partial charge in [0, 0.05) is 13.1 Å². The summed E-state index contributed by atoms with van der Waals surface area (Å²) in [6.45, 7) is 7.63. The highest BCUT2D eigenvalue weighted by atomic mass is 15.2. The molecule has 1 saturated heterocycles. The molecule has 0 aromatic heterocycles. The molecule has 0 bridgehead atoms. The highest BCUT2D eigenvalue weighted by Crippen LogP contribution is 2.06. The van der Waals surface area contributed by atoms with Gasteiger partial charge in [0.05, 0.1) is 0 Å². The largest absolute Gasteiger partial charge is 0.320 e. The number of hydrogen-bond donors (Lipinski definition) is 1. The Morgan fingerprint density at radius 3 is 2.41 bits per heavy atom. The molecule has 0 aliphatic carbocycles. The molecule has 17 heavy (non-hydrogen) atoms. The van der Waals surface area contributed by atoms with Gasteiger partial charge < -0.3 is 15.1 Å². The Kier molecular flexibility index (Phi) is 8.67. The molecular weight excluding hydrogens is 210 g/mol. The smallest absolute Gasteiger partial charge is 0.0109 e. The molecule has 0 aromatic carbocycles. The molecule has 0 unspecified atom stereocenters. The van der Waals surface area contributed by atoms with Crippen LogP contribution in [0.2, 0.25) is 0 Å². The van der Waals surface area contributed by atoms with Crippen molar-refractivity contribution in [2.75, 3.05) is 53.4 Å². The molecule has 1 aliphatic rings. The van der Waals surface area contributed by atoms with Crippen molar-refractivity contribution in [3.05, 3.63) is 0 Å². The van der Waals surface area contributed by atoms with E-state index in [0.717, 1.165) is 0 Å². The van der Waals surface area contributed by atoms with Crippen molar-refractivity contribution in [1.82, 2.24) is 15.1 Å². The Labute approximate surface area is 108 Å². The van der Waals surface area contributed by atoms with Gasteiger partial charge in [0.1, 0.15) is 0 Å². The molecule has 1 heterocycles. The zero-order valence-electron chi connectivity index (χ0n) is 11.9. The molecule has 3 heteroatoms. The fourth-order valence-corrected chi connectivity index (χ4v) is 2.47. The van der Waals surface area contributed by atoms with E-state index in [1.165, 1.54) is 77.8 Å². The van der Waals surface area contributed by atoms with E-state index >= 15 is 0 Å². The van der Waals surface area contributed by atoms with Gasteiger partial charge in [-0.15, -0.1) is 0 Å². The molecule has 0 radical (unpaired) electrons. The second-order valence-electron chi connectivity index (χ2n) is 5.37. The molecule has 0 amide bonds. The van der Waals surface area contributed by atoms with Crippen LogP contribution in [0.4, 0.5) is 0 Å². The highest BCUT2D eigenvalue weighted by molar-refractivity contribution is 4.67. The molecule has 1 N–H and O–H groups in total. The summed E-state index contributed by atoms with van der Waals surface area (Å²) >= 11 is 0. The number of nitrogens with zero attached hydrogens (tertiary/aromatic N) is 2. The van der Waals surface area contributed by atoms with Crippen molar-refractivity contribution in [1.29, 1.82) is 0 Å². The third-order valence-corrected chi connectivity index (χ3v) is 3.71. The fourth-order valence-electron chi connectivity index (χ4n) is 2.47. The summed E-state index contributed by atoms with van der Waals surface area (Å²) in [7, 11) is 4.30. The van der Waals surface area contributed by atoms with Gasteiger partial charge in [-0.25, -0.2) is 0 Å². The number of likely N-dealkylation sites (N-methyl/N-ethyl adjacent to an activating group) is 1. The quantitative estimate of drug-likeness (QED) is 0.588. The molecular formula is C14H31N3. The van der Waals surface area contributed by atoms with Crippen molar-refractivity contribution >= 4 is 0 Å². The first-order valence-electron chi connectivity index (χ1n) is 7.38. The average molecular weight is 241 g/mol. The number of unbranched alkanes of at least 4 members (excludes halogenated alkanes) is 3. The van der Waals surface area contributed by atoms with E-state index in [1.807, 2.05) is 7.05 Å².